The van der Waals surface area contributed by atoms with Crippen molar-refractivity contribution in [1.82, 2.24) is 20.2 Å². The number of halogens is 2. The van der Waals surface area contributed by atoms with Gasteiger partial charge in [0.2, 0.25) is 5.91 Å². The number of rotatable bonds is 5. The second kappa shape index (κ2) is 7.08. The lowest BCUT2D eigenvalue weighted by Gasteiger charge is -2.12. The molecule has 2 heterocycles. The molecule has 1 fully saturated rings. The lowest BCUT2D eigenvalue weighted by atomic mass is 10.1. The van der Waals surface area contributed by atoms with Gasteiger partial charge in [-0.15, -0.1) is 0 Å². The van der Waals surface area contributed by atoms with E-state index in [2.05, 4.69) is 20.2 Å². The average Bonchev–Trinajstić information content (AvgIpc) is 3.24. The number of alkyl halides is 2. The Morgan fingerprint density at radius 3 is 2.67 bits per heavy atom. The van der Waals surface area contributed by atoms with E-state index in [1.54, 1.807) is 0 Å². The molecule has 0 saturated carbocycles. The molecule has 0 spiro atoms. The van der Waals surface area contributed by atoms with Crippen LogP contribution in [0, 0.1) is 0 Å². The standard InChI is InChI=1S/C20H20F2N4O/c21-20(22)9-17(24-12-20)19(27)23-10-14-5-7-15(8-6-14)11-26-13-25-16-3-1-2-4-18(16)26/h1-8,13,17,24H,9-12H2,(H,23,27)/t17-/m0/s1. The van der Waals surface area contributed by atoms with Crippen LogP contribution in [0.3, 0.4) is 0 Å². The van der Waals surface area contributed by atoms with Crippen molar-refractivity contribution < 1.29 is 13.6 Å². The second-order valence-electron chi connectivity index (χ2n) is 6.89. The van der Waals surface area contributed by atoms with E-state index < -0.39 is 24.9 Å². The van der Waals surface area contributed by atoms with Crippen LogP contribution in [0.15, 0.2) is 54.9 Å². The van der Waals surface area contributed by atoms with Crippen LogP contribution in [0.1, 0.15) is 17.5 Å². The summed E-state index contributed by atoms with van der Waals surface area (Å²) >= 11 is 0. The first-order valence-corrected chi connectivity index (χ1v) is 8.87. The first-order chi connectivity index (χ1) is 13.0. The number of fused-ring (bicyclic) bond motifs is 1. The molecule has 27 heavy (non-hydrogen) atoms. The molecule has 1 aliphatic rings. The Bertz CT molecular complexity index is 952. The summed E-state index contributed by atoms with van der Waals surface area (Å²) in [6.07, 6.45) is 1.37. The Morgan fingerprint density at radius 2 is 1.93 bits per heavy atom. The maximum absolute atomic E-state index is 13.2. The Labute approximate surface area is 155 Å². The molecule has 1 aliphatic heterocycles. The van der Waals surface area contributed by atoms with Gasteiger partial charge in [0.1, 0.15) is 0 Å². The van der Waals surface area contributed by atoms with Crippen LogP contribution in [0.25, 0.3) is 11.0 Å². The topological polar surface area (TPSA) is 59.0 Å². The number of carbonyl (C=O) groups excluding carboxylic acids is 1. The molecule has 1 amide bonds. The van der Waals surface area contributed by atoms with Gasteiger partial charge in [-0.2, -0.15) is 0 Å². The van der Waals surface area contributed by atoms with E-state index in [4.69, 9.17) is 0 Å². The number of amides is 1. The molecule has 2 aromatic carbocycles. The van der Waals surface area contributed by atoms with Crippen molar-refractivity contribution in [2.45, 2.75) is 31.5 Å². The van der Waals surface area contributed by atoms with Crippen molar-refractivity contribution in [2.24, 2.45) is 0 Å². The number of aromatic nitrogens is 2. The zero-order chi connectivity index (χ0) is 18.9. The molecule has 0 unspecified atom stereocenters. The van der Waals surface area contributed by atoms with E-state index in [9.17, 15) is 13.6 Å². The Hall–Kier alpha value is -2.80. The minimum absolute atomic E-state index is 0.316. The molecule has 1 saturated heterocycles. The number of nitrogens with one attached hydrogen (secondary N) is 2. The number of imidazole rings is 1. The van der Waals surface area contributed by atoms with Gasteiger partial charge < -0.3 is 9.88 Å². The molecular weight excluding hydrogens is 350 g/mol. The summed E-state index contributed by atoms with van der Waals surface area (Å²) in [6, 6.07) is 15.0. The summed E-state index contributed by atoms with van der Waals surface area (Å²) in [6.45, 7) is 0.577. The minimum Gasteiger partial charge on any atom is -0.351 e. The van der Waals surface area contributed by atoms with E-state index in [1.165, 1.54) is 0 Å². The van der Waals surface area contributed by atoms with Crippen LogP contribution in [0.5, 0.6) is 0 Å². The van der Waals surface area contributed by atoms with E-state index in [-0.39, 0.29) is 5.91 Å². The van der Waals surface area contributed by atoms with Crippen molar-refractivity contribution in [3.63, 3.8) is 0 Å². The molecule has 0 radical (unpaired) electrons. The number of nitrogens with zero attached hydrogens (tertiary/aromatic N) is 2. The van der Waals surface area contributed by atoms with Crippen LogP contribution in [-0.2, 0) is 17.9 Å². The highest BCUT2D eigenvalue weighted by Crippen LogP contribution is 2.25. The Balaban J connectivity index is 1.34. The SMILES string of the molecule is O=C(NCc1ccc(Cn2cnc3ccccc32)cc1)[C@@H]1CC(F)(F)CN1. The van der Waals surface area contributed by atoms with Gasteiger partial charge in [0.05, 0.1) is 29.9 Å². The van der Waals surface area contributed by atoms with Crippen LogP contribution in [0.2, 0.25) is 0 Å². The van der Waals surface area contributed by atoms with Crippen molar-refractivity contribution in [3.8, 4) is 0 Å². The fourth-order valence-electron chi connectivity index (χ4n) is 3.31. The zero-order valence-electron chi connectivity index (χ0n) is 14.7. The largest absolute Gasteiger partial charge is 0.351 e. The number of benzene rings is 2. The van der Waals surface area contributed by atoms with Gasteiger partial charge in [0, 0.05) is 19.5 Å². The smallest absolute Gasteiger partial charge is 0.262 e. The number of carbonyl (C=O) groups is 1. The van der Waals surface area contributed by atoms with E-state index in [1.807, 2.05) is 54.9 Å². The fraction of sp³-hybridized carbons (Fsp3) is 0.300. The predicted molar refractivity (Wildman–Crippen MR) is 98.5 cm³/mol. The lowest BCUT2D eigenvalue weighted by Crippen LogP contribution is -2.40. The fourth-order valence-corrected chi connectivity index (χ4v) is 3.31. The molecule has 1 aromatic heterocycles. The summed E-state index contributed by atoms with van der Waals surface area (Å²) in [5.41, 5.74) is 4.08. The normalized spacial score (nSPS) is 18.7. The molecule has 0 bridgehead atoms. The van der Waals surface area contributed by atoms with Crippen molar-refractivity contribution in [2.75, 3.05) is 6.54 Å². The molecule has 4 rings (SSSR count). The van der Waals surface area contributed by atoms with Crippen LogP contribution in [-0.4, -0.2) is 34.0 Å². The third kappa shape index (κ3) is 3.98. The first-order valence-electron chi connectivity index (χ1n) is 8.87. The number of hydrogen-bond acceptors (Lipinski definition) is 3. The van der Waals surface area contributed by atoms with E-state index in [0.717, 1.165) is 22.2 Å². The predicted octanol–water partition coefficient (Wildman–Crippen LogP) is 2.70. The molecule has 0 aliphatic carbocycles. The van der Waals surface area contributed by atoms with Gasteiger partial charge in [-0.1, -0.05) is 36.4 Å². The first kappa shape index (κ1) is 17.6. The van der Waals surface area contributed by atoms with Crippen molar-refractivity contribution in [3.05, 3.63) is 66.0 Å². The quantitative estimate of drug-likeness (QED) is 0.726. The van der Waals surface area contributed by atoms with Crippen molar-refractivity contribution >= 4 is 16.9 Å². The molecule has 5 nitrogen and oxygen atoms in total. The Morgan fingerprint density at radius 1 is 1.19 bits per heavy atom. The van der Waals surface area contributed by atoms with Gasteiger partial charge in [-0.25, -0.2) is 13.8 Å². The van der Waals surface area contributed by atoms with E-state index >= 15 is 0 Å². The van der Waals surface area contributed by atoms with Gasteiger partial charge >= 0.3 is 0 Å². The number of hydrogen-bond donors (Lipinski definition) is 2. The summed E-state index contributed by atoms with van der Waals surface area (Å²) in [5.74, 6) is -3.19. The third-order valence-corrected chi connectivity index (χ3v) is 4.80. The zero-order valence-corrected chi connectivity index (χ0v) is 14.7. The molecular formula is C20H20F2N4O. The highest BCUT2D eigenvalue weighted by Gasteiger charge is 2.42. The van der Waals surface area contributed by atoms with Gasteiger partial charge in [0.15, 0.2) is 0 Å². The van der Waals surface area contributed by atoms with Gasteiger partial charge in [-0.3, -0.25) is 10.1 Å². The third-order valence-electron chi connectivity index (χ3n) is 4.80. The summed E-state index contributed by atoms with van der Waals surface area (Å²) < 4.78 is 28.4. The Kier molecular flexibility index (Phi) is 4.61. The van der Waals surface area contributed by atoms with E-state index in [0.29, 0.717) is 13.1 Å². The van der Waals surface area contributed by atoms with Crippen LogP contribution < -0.4 is 10.6 Å². The summed E-state index contributed by atoms with van der Waals surface area (Å²) in [7, 11) is 0. The highest BCUT2D eigenvalue weighted by molar-refractivity contribution is 5.82. The minimum atomic E-state index is -2.80. The molecule has 2 N–H and O–H groups in total. The van der Waals surface area contributed by atoms with Gasteiger partial charge in [-0.05, 0) is 23.3 Å². The summed E-state index contributed by atoms with van der Waals surface area (Å²) in [4.78, 5) is 16.4. The maximum Gasteiger partial charge on any atom is 0.262 e. The van der Waals surface area contributed by atoms with Crippen LogP contribution in [0.4, 0.5) is 8.78 Å². The maximum atomic E-state index is 13.2. The average molecular weight is 370 g/mol. The van der Waals surface area contributed by atoms with Crippen molar-refractivity contribution in [1.29, 1.82) is 0 Å². The molecule has 3 aromatic rings. The highest BCUT2D eigenvalue weighted by atomic mass is 19.3. The number of para-hydroxylation sites is 2. The molecule has 1 atom stereocenters. The monoisotopic (exact) mass is 370 g/mol. The lowest BCUT2D eigenvalue weighted by molar-refractivity contribution is -0.123. The molecule has 7 heteroatoms. The second-order valence-corrected chi connectivity index (χ2v) is 6.89. The molecule has 140 valence electrons. The summed E-state index contributed by atoms with van der Waals surface area (Å²) in [5, 5.41) is 5.28. The van der Waals surface area contributed by atoms with Gasteiger partial charge in [0.25, 0.3) is 5.92 Å². The van der Waals surface area contributed by atoms with Crippen LogP contribution >= 0.6 is 0 Å².